The summed E-state index contributed by atoms with van der Waals surface area (Å²) in [6.07, 6.45) is 4.75. The summed E-state index contributed by atoms with van der Waals surface area (Å²) >= 11 is 12.0. The first-order chi connectivity index (χ1) is 15.3. The van der Waals surface area contributed by atoms with E-state index in [2.05, 4.69) is 10.6 Å². The van der Waals surface area contributed by atoms with Gasteiger partial charge in [0.2, 0.25) is 11.8 Å². The molecule has 2 N–H and O–H groups in total. The summed E-state index contributed by atoms with van der Waals surface area (Å²) in [5, 5.41) is 6.27. The number of anilines is 1. The zero-order valence-corrected chi connectivity index (χ0v) is 19.6. The lowest BCUT2D eigenvalue weighted by Crippen LogP contribution is -2.48. The minimum Gasteiger partial charge on any atom is -0.333 e. The Balaban J connectivity index is 1.57. The maximum Gasteiger partial charge on any atom is 0.325 e. The summed E-state index contributed by atoms with van der Waals surface area (Å²) < 4.78 is 0. The number of carbonyl (C=O) groups excluding carboxylic acids is 4. The van der Waals surface area contributed by atoms with Gasteiger partial charge in [0.1, 0.15) is 5.54 Å². The first kappa shape index (κ1) is 24.3. The van der Waals surface area contributed by atoms with Gasteiger partial charge in [0.05, 0.1) is 17.3 Å². The highest BCUT2D eigenvalue weighted by atomic mass is 35.5. The van der Waals surface area contributed by atoms with Crippen molar-refractivity contribution >= 4 is 52.6 Å². The van der Waals surface area contributed by atoms with Gasteiger partial charge in [-0.15, -0.1) is 0 Å². The van der Waals surface area contributed by atoms with Crippen LogP contribution >= 0.6 is 23.2 Å². The quantitative estimate of drug-likeness (QED) is 0.550. The van der Waals surface area contributed by atoms with Gasteiger partial charge in [-0.1, -0.05) is 49.4 Å². The molecule has 1 aromatic carbocycles. The highest BCUT2D eigenvalue weighted by molar-refractivity contribution is 6.36. The molecule has 1 aliphatic heterocycles. The molecule has 1 heterocycles. The Morgan fingerprint density at radius 1 is 1.19 bits per heavy atom. The number of hydrogen-bond donors (Lipinski definition) is 2. The Hall–Kier alpha value is -2.32. The third-order valence-corrected chi connectivity index (χ3v) is 6.44. The molecule has 1 aromatic rings. The van der Waals surface area contributed by atoms with E-state index < -0.39 is 17.5 Å². The zero-order chi connectivity index (χ0) is 23.3. The van der Waals surface area contributed by atoms with Crippen LogP contribution in [-0.4, -0.2) is 58.7 Å². The Morgan fingerprint density at radius 2 is 1.91 bits per heavy atom. The molecule has 10 heteroatoms. The number of amides is 5. The zero-order valence-electron chi connectivity index (χ0n) is 18.1. The van der Waals surface area contributed by atoms with Crippen molar-refractivity contribution in [3.05, 3.63) is 28.2 Å². The van der Waals surface area contributed by atoms with Gasteiger partial charge in [-0.3, -0.25) is 19.3 Å². The molecule has 2 aliphatic rings. The summed E-state index contributed by atoms with van der Waals surface area (Å²) in [5.74, 6) is -0.936. The van der Waals surface area contributed by atoms with E-state index in [0.29, 0.717) is 41.5 Å². The average Bonchev–Trinajstić information content (AvgIpc) is 2.97. The lowest BCUT2D eigenvalue weighted by atomic mass is 9.82. The van der Waals surface area contributed by atoms with E-state index in [1.165, 1.54) is 11.0 Å². The fourth-order valence-electron chi connectivity index (χ4n) is 4.25. The molecule has 0 aromatic heterocycles. The molecule has 0 atom stereocenters. The fourth-order valence-corrected chi connectivity index (χ4v) is 4.71. The van der Waals surface area contributed by atoms with Crippen molar-refractivity contribution in [3.63, 3.8) is 0 Å². The summed E-state index contributed by atoms with van der Waals surface area (Å²) in [5.41, 5.74) is -0.402. The number of urea groups is 1. The molecule has 1 spiro atoms. The number of imide groups is 1. The smallest absolute Gasteiger partial charge is 0.325 e. The predicted octanol–water partition coefficient (Wildman–Crippen LogP) is 3.82. The topological polar surface area (TPSA) is 98.8 Å². The van der Waals surface area contributed by atoms with Crippen molar-refractivity contribution in [2.75, 3.05) is 25.0 Å². The number of halogens is 2. The molecule has 3 rings (SSSR count). The van der Waals surface area contributed by atoms with Crippen LogP contribution in [0, 0.1) is 0 Å². The molecule has 1 saturated heterocycles. The molecular formula is C22H28Cl2N4O4. The van der Waals surface area contributed by atoms with E-state index in [9.17, 15) is 19.2 Å². The van der Waals surface area contributed by atoms with Gasteiger partial charge in [0, 0.05) is 24.5 Å². The Bertz CT molecular complexity index is 902. The average molecular weight is 483 g/mol. The van der Waals surface area contributed by atoms with Crippen LogP contribution in [0.5, 0.6) is 0 Å². The summed E-state index contributed by atoms with van der Waals surface area (Å²) in [7, 11) is 0. The molecule has 1 aliphatic carbocycles. The highest BCUT2D eigenvalue weighted by Crippen LogP contribution is 2.33. The van der Waals surface area contributed by atoms with Gasteiger partial charge in [-0.05, 0) is 37.5 Å². The van der Waals surface area contributed by atoms with Gasteiger partial charge in [-0.2, -0.15) is 0 Å². The first-order valence-corrected chi connectivity index (χ1v) is 11.7. The molecule has 8 nitrogen and oxygen atoms in total. The Kier molecular flexibility index (Phi) is 8.00. The number of nitrogens with one attached hydrogen (secondary N) is 2. The van der Waals surface area contributed by atoms with Gasteiger partial charge < -0.3 is 15.5 Å². The van der Waals surface area contributed by atoms with Crippen LogP contribution in [-0.2, 0) is 14.4 Å². The minimum atomic E-state index is -0.806. The number of nitrogens with zero attached hydrogens (tertiary/aromatic N) is 2. The number of rotatable bonds is 8. The van der Waals surface area contributed by atoms with Crippen molar-refractivity contribution in [1.29, 1.82) is 0 Å². The van der Waals surface area contributed by atoms with Crippen molar-refractivity contribution in [2.45, 2.75) is 57.4 Å². The van der Waals surface area contributed by atoms with Crippen LogP contribution in [0.2, 0.25) is 10.0 Å². The molecule has 1 saturated carbocycles. The standard InChI is InChI=1S/C22H28Cl2N4O4/c1-2-11-27(14-18(29)25-17-7-6-15(23)13-16(17)24)19(30)8-12-28-20(31)22(26-21(28)32)9-4-3-5-10-22/h6-7,13H,2-5,8-12,14H2,1H3,(H,25,29)(H,26,32). The van der Waals surface area contributed by atoms with Crippen LogP contribution < -0.4 is 10.6 Å². The molecular weight excluding hydrogens is 455 g/mol. The van der Waals surface area contributed by atoms with Crippen LogP contribution in [0.25, 0.3) is 0 Å². The van der Waals surface area contributed by atoms with E-state index in [0.717, 1.165) is 24.2 Å². The molecule has 2 fully saturated rings. The second-order valence-electron chi connectivity index (χ2n) is 8.27. The monoisotopic (exact) mass is 482 g/mol. The SMILES string of the molecule is CCCN(CC(=O)Nc1ccc(Cl)cc1Cl)C(=O)CCN1C(=O)NC2(CCCCC2)C1=O. The molecule has 0 bridgehead atoms. The minimum absolute atomic E-state index is 0.00387. The Morgan fingerprint density at radius 3 is 2.56 bits per heavy atom. The van der Waals surface area contributed by atoms with Gasteiger partial charge in [0.25, 0.3) is 5.91 Å². The van der Waals surface area contributed by atoms with Crippen LogP contribution in [0.3, 0.4) is 0 Å². The molecule has 0 unspecified atom stereocenters. The second kappa shape index (κ2) is 10.5. The van der Waals surface area contributed by atoms with Gasteiger partial charge in [-0.25, -0.2) is 4.79 Å². The second-order valence-corrected chi connectivity index (χ2v) is 9.11. The maximum atomic E-state index is 12.9. The predicted molar refractivity (Wildman–Crippen MR) is 123 cm³/mol. The highest BCUT2D eigenvalue weighted by Gasteiger charge is 2.51. The lowest BCUT2D eigenvalue weighted by Gasteiger charge is -2.30. The Labute approximate surface area is 197 Å². The normalized spacial score (nSPS) is 17.4. The maximum absolute atomic E-state index is 12.9. The summed E-state index contributed by atoms with van der Waals surface area (Å²) in [6, 6.07) is 4.27. The third kappa shape index (κ3) is 5.53. The van der Waals surface area contributed by atoms with Crippen LogP contribution in [0.1, 0.15) is 51.9 Å². The van der Waals surface area contributed by atoms with E-state index in [4.69, 9.17) is 23.2 Å². The van der Waals surface area contributed by atoms with E-state index in [1.807, 2.05) is 6.92 Å². The third-order valence-electron chi connectivity index (χ3n) is 5.89. The summed E-state index contributed by atoms with van der Waals surface area (Å²) in [6.45, 7) is 2.12. The number of carbonyl (C=O) groups is 4. The van der Waals surface area contributed by atoms with E-state index >= 15 is 0 Å². The number of hydrogen-bond acceptors (Lipinski definition) is 4. The van der Waals surface area contributed by atoms with Gasteiger partial charge in [0.15, 0.2) is 0 Å². The lowest BCUT2D eigenvalue weighted by molar-refractivity contribution is -0.136. The van der Waals surface area contributed by atoms with Crippen molar-refractivity contribution in [3.8, 4) is 0 Å². The molecule has 5 amide bonds. The van der Waals surface area contributed by atoms with Crippen molar-refractivity contribution in [2.24, 2.45) is 0 Å². The largest absolute Gasteiger partial charge is 0.333 e. The van der Waals surface area contributed by atoms with Crippen LogP contribution in [0.15, 0.2) is 18.2 Å². The molecule has 174 valence electrons. The van der Waals surface area contributed by atoms with Crippen molar-refractivity contribution < 1.29 is 19.2 Å². The van der Waals surface area contributed by atoms with E-state index in [1.54, 1.807) is 12.1 Å². The molecule has 0 radical (unpaired) electrons. The van der Waals surface area contributed by atoms with E-state index in [-0.39, 0.29) is 31.3 Å². The van der Waals surface area contributed by atoms with Gasteiger partial charge >= 0.3 is 6.03 Å². The molecule has 32 heavy (non-hydrogen) atoms. The summed E-state index contributed by atoms with van der Waals surface area (Å²) in [4.78, 5) is 53.1. The fraction of sp³-hybridized carbons (Fsp3) is 0.545. The first-order valence-electron chi connectivity index (χ1n) is 10.9. The number of benzene rings is 1. The van der Waals surface area contributed by atoms with Crippen molar-refractivity contribution in [1.82, 2.24) is 15.1 Å². The van der Waals surface area contributed by atoms with Crippen LogP contribution in [0.4, 0.5) is 10.5 Å².